The van der Waals surface area contributed by atoms with Gasteiger partial charge in [0.05, 0.1) is 6.61 Å². The lowest BCUT2D eigenvalue weighted by molar-refractivity contribution is -0.123. The van der Waals surface area contributed by atoms with Gasteiger partial charge in [0.25, 0.3) is 5.91 Å². The topological polar surface area (TPSA) is 77.8 Å². The first-order valence-corrected chi connectivity index (χ1v) is 9.57. The van der Waals surface area contributed by atoms with E-state index >= 15 is 0 Å². The Kier molecular flexibility index (Phi) is 5.50. The van der Waals surface area contributed by atoms with Crippen molar-refractivity contribution in [2.75, 3.05) is 12.4 Å². The molecule has 1 aromatic heterocycles. The molecule has 0 radical (unpaired) electrons. The van der Waals surface area contributed by atoms with Gasteiger partial charge in [-0.1, -0.05) is 48.5 Å². The predicted octanol–water partition coefficient (Wildman–Crippen LogP) is 4.92. The van der Waals surface area contributed by atoms with E-state index in [2.05, 4.69) is 5.32 Å². The van der Waals surface area contributed by atoms with Gasteiger partial charge in [-0.2, -0.15) is 0 Å². The summed E-state index contributed by atoms with van der Waals surface area (Å²) in [5, 5.41) is 5.64. The number of fused-ring (bicyclic) bond motifs is 2. The quantitative estimate of drug-likeness (QED) is 0.463. The van der Waals surface area contributed by atoms with Crippen molar-refractivity contribution in [2.24, 2.45) is 0 Å². The molecule has 1 amide bonds. The summed E-state index contributed by atoms with van der Waals surface area (Å²) in [5.74, 6) is -1.09. The minimum atomic E-state index is -1.01. The minimum Gasteiger partial charge on any atom is -0.449 e. The highest BCUT2D eigenvalue weighted by atomic mass is 16.6. The molecule has 0 saturated carbocycles. The summed E-state index contributed by atoms with van der Waals surface area (Å²) in [5.41, 5.74) is 1.79. The average Bonchev–Trinajstić information content (AvgIpc) is 3.12. The molecule has 1 heterocycles. The van der Waals surface area contributed by atoms with E-state index in [-0.39, 0.29) is 12.4 Å². The lowest BCUT2D eigenvalue weighted by atomic mass is 10.1. The van der Waals surface area contributed by atoms with Gasteiger partial charge in [-0.15, -0.1) is 0 Å². The number of carbonyl (C=O) groups is 2. The molecule has 3 aromatic carbocycles. The molecule has 152 valence electrons. The fourth-order valence-corrected chi connectivity index (χ4v) is 3.33. The van der Waals surface area contributed by atoms with E-state index in [1.165, 1.54) is 14.0 Å². The summed E-state index contributed by atoms with van der Waals surface area (Å²) in [6, 6.07) is 20.7. The first-order chi connectivity index (χ1) is 14.6. The zero-order valence-corrected chi connectivity index (χ0v) is 16.7. The summed E-state index contributed by atoms with van der Waals surface area (Å²) in [6.45, 7) is 1.71. The summed E-state index contributed by atoms with van der Waals surface area (Å²) < 4.78 is 16.3. The lowest BCUT2D eigenvalue weighted by Gasteiger charge is -2.13. The van der Waals surface area contributed by atoms with E-state index in [0.29, 0.717) is 16.8 Å². The number of carbonyl (C=O) groups excluding carboxylic acids is 2. The van der Waals surface area contributed by atoms with Gasteiger partial charge in [0, 0.05) is 23.7 Å². The molecule has 0 fully saturated rings. The van der Waals surface area contributed by atoms with Gasteiger partial charge in [0.15, 0.2) is 6.10 Å². The monoisotopic (exact) mass is 403 g/mol. The van der Waals surface area contributed by atoms with Crippen LogP contribution in [0.25, 0.3) is 21.7 Å². The molecular formula is C24H21NO5. The maximum absolute atomic E-state index is 12.7. The molecule has 0 spiro atoms. The third kappa shape index (κ3) is 3.90. The fourth-order valence-electron chi connectivity index (χ4n) is 3.33. The lowest BCUT2D eigenvalue weighted by Crippen LogP contribution is -2.30. The number of benzene rings is 3. The van der Waals surface area contributed by atoms with Crippen molar-refractivity contribution in [1.82, 2.24) is 0 Å². The second-order valence-corrected chi connectivity index (χ2v) is 6.94. The molecule has 4 aromatic rings. The van der Waals surface area contributed by atoms with Crippen LogP contribution in [0.2, 0.25) is 0 Å². The molecular weight excluding hydrogens is 382 g/mol. The zero-order chi connectivity index (χ0) is 21.1. The average molecular weight is 403 g/mol. The van der Waals surface area contributed by atoms with Crippen LogP contribution in [0.3, 0.4) is 0 Å². The van der Waals surface area contributed by atoms with Crippen molar-refractivity contribution < 1.29 is 23.5 Å². The third-order valence-electron chi connectivity index (χ3n) is 4.84. The van der Waals surface area contributed by atoms with Gasteiger partial charge in [0.1, 0.15) is 5.58 Å². The Bertz CT molecular complexity index is 1230. The second-order valence-electron chi connectivity index (χ2n) is 6.94. The fraction of sp³-hybridized carbons (Fsp3) is 0.167. The molecule has 0 unspecified atom stereocenters. The van der Waals surface area contributed by atoms with Crippen molar-refractivity contribution >= 4 is 39.3 Å². The summed E-state index contributed by atoms with van der Waals surface area (Å²) in [4.78, 5) is 25.3. The third-order valence-corrected chi connectivity index (χ3v) is 4.84. The molecule has 0 aliphatic rings. The number of ether oxygens (including phenoxy) is 2. The molecule has 0 aliphatic carbocycles. The molecule has 0 bridgehead atoms. The Morgan fingerprint density at radius 3 is 2.53 bits per heavy atom. The Morgan fingerprint density at radius 1 is 1.00 bits per heavy atom. The summed E-state index contributed by atoms with van der Waals surface area (Å²) >= 11 is 0. The molecule has 30 heavy (non-hydrogen) atoms. The predicted molar refractivity (Wildman–Crippen MR) is 114 cm³/mol. The highest BCUT2D eigenvalue weighted by Gasteiger charge is 2.25. The smallest absolute Gasteiger partial charge is 0.375 e. The van der Waals surface area contributed by atoms with Crippen LogP contribution in [0.4, 0.5) is 5.69 Å². The van der Waals surface area contributed by atoms with E-state index in [1.54, 1.807) is 6.07 Å². The SMILES string of the molecule is COCc1c(C(=O)O[C@H](C)C(=O)Nc2ccc3ccccc3c2)oc2ccccc12. The summed E-state index contributed by atoms with van der Waals surface area (Å²) in [7, 11) is 1.54. The highest BCUT2D eigenvalue weighted by Crippen LogP contribution is 2.27. The van der Waals surface area contributed by atoms with Crippen LogP contribution in [0, 0.1) is 0 Å². The standard InChI is InChI=1S/C24H21NO5/c1-15(23(26)25-18-12-11-16-7-3-4-8-17(16)13-18)29-24(27)22-20(14-28-2)19-9-5-6-10-21(19)30-22/h3-13,15H,14H2,1-2H3,(H,25,26)/t15-/m1/s1. The molecule has 1 N–H and O–H groups in total. The highest BCUT2D eigenvalue weighted by molar-refractivity contribution is 6.00. The zero-order valence-electron chi connectivity index (χ0n) is 16.7. The van der Waals surface area contributed by atoms with Crippen molar-refractivity contribution in [3.63, 3.8) is 0 Å². The summed E-state index contributed by atoms with van der Waals surface area (Å²) in [6.07, 6.45) is -1.01. The molecule has 6 heteroatoms. The van der Waals surface area contributed by atoms with Gasteiger partial charge >= 0.3 is 5.97 Å². The molecule has 1 atom stereocenters. The number of para-hydroxylation sites is 1. The Balaban J connectivity index is 1.49. The number of furan rings is 1. The number of rotatable bonds is 6. The van der Waals surface area contributed by atoms with Crippen molar-refractivity contribution in [3.05, 3.63) is 78.1 Å². The number of anilines is 1. The Labute approximate surface area is 173 Å². The molecule has 0 aliphatic heterocycles. The van der Waals surface area contributed by atoms with Crippen molar-refractivity contribution in [2.45, 2.75) is 19.6 Å². The van der Waals surface area contributed by atoms with Crippen LogP contribution in [0.5, 0.6) is 0 Å². The van der Waals surface area contributed by atoms with Crippen LogP contribution in [0.1, 0.15) is 23.0 Å². The van der Waals surface area contributed by atoms with E-state index in [9.17, 15) is 9.59 Å². The Morgan fingerprint density at radius 2 is 1.73 bits per heavy atom. The van der Waals surface area contributed by atoms with Crippen molar-refractivity contribution in [3.8, 4) is 0 Å². The van der Waals surface area contributed by atoms with Crippen LogP contribution in [-0.4, -0.2) is 25.1 Å². The van der Waals surface area contributed by atoms with Gasteiger partial charge in [-0.3, -0.25) is 4.79 Å². The van der Waals surface area contributed by atoms with Crippen LogP contribution in [-0.2, 0) is 20.9 Å². The second kappa shape index (κ2) is 8.39. The maximum Gasteiger partial charge on any atom is 0.375 e. The largest absolute Gasteiger partial charge is 0.449 e. The van der Waals surface area contributed by atoms with Crippen LogP contribution >= 0.6 is 0 Å². The number of esters is 1. The van der Waals surface area contributed by atoms with E-state index in [1.807, 2.05) is 60.7 Å². The van der Waals surface area contributed by atoms with Crippen LogP contribution < -0.4 is 5.32 Å². The first kappa shape index (κ1) is 19.7. The van der Waals surface area contributed by atoms with Gasteiger partial charge < -0.3 is 19.2 Å². The van der Waals surface area contributed by atoms with E-state index in [4.69, 9.17) is 13.9 Å². The van der Waals surface area contributed by atoms with Gasteiger partial charge in [-0.05, 0) is 35.9 Å². The van der Waals surface area contributed by atoms with E-state index in [0.717, 1.165) is 16.2 Å². The minimum absolute atomic E-state index is 0.0448. The van der Waals surface area contributed by atoms with Gasteiger partial charge in [-0.25, -0.2) is 4.79 Å². The molecule has 6 nitrogen and oxygen atoms in total. The van der Waals surface area contributed by atoms with E-state index < -0.39 is 18.0 Å². The first-order valence-electron chi connectivity index (χ1n) is 9.57. The Hall–Kier alpha value is -3.64. The molecule has 4 rings (SSSR count). The normalized spacial score (nSPS) is 12.1. The number of amides is 1. The van der Waals surface area contributed by atoms with Crippen LogP contribution in [0.15, 0.2) is 71.1 Å². The number of hydrogen-bond donors (Lipinski definition) is 1. The number of nitrogens with one attached hydrogen (secondary N) is 1. The maximum atomic E-state index is 12.7. The van der Waals surface area contributed by atoms with Crippen molar-refractivity contribution in [1.29, 1.82) is 0 Å². The molecule has 0 saturated heterocycles. The van der Waals surface area contributed by atoms with Gasteiger partial charge in [0.2, 0.25) is 5.76 Å². The number of hydrogen-bond acceptors (Lipinski definition) is 5. The number of methoxy groups -OCH3 is 1.